The van der Waals surface area contributed by atoms with Crippen molar-refractivity contribution in [2.24, 2.45) is 0 Å². The molecule has 0 atom stereocenters. The molecule has 1 fully saturated rings. The predicted octanol–water partition coefficient (Wildman–Crippen LogP) is 2.71. The second-order valence-corrected chi connectivity index (χ2v) is 6.65. The number of piperazine rings is 1. The van der Waals surface area contributed by atoms with E-state index >= 15 is 0 Å². The van der Waals surface area contributed by atoms with Gasteiger partial charge in [-0.05, 0) is 36.2 Å². The quantitative estimate of drug-likeness (QED) is 0.620. The molecule has 1 aliphatic heterocycles. The molecular weight excluding hydrogens is 355 g/mol. The van der Waals surface area contributed by atoms with Crippen LogP contribution in [0, 0.1) is 17.1 Å². The molecule has 0 radical (unpaired) electrons. The lowest BCUT2D eigenvalue weighted by atomic mass is 10.1. The van der Waals surface area contributed by atoms with Gasteiger partial charge in [-0.15, -0.1) is 0 Å². The molecule has 28 heavy (non-hydrogen) atoms. The zero-order chi connectivity index (χ0) is 19.8. The first-order valence-electron chi connectivity index (χ1n) is 9.34. The number of amides is 1. The summed E-state index contributed by atoms with van der Waals surface area (Å²) in [5, 5.41) is 12.2. The number of rotatable bonds is 6. The van der Waals surface area contributed by atoms with Gasteiger partial charge in [-0.2, -0.15) is 5.26 Å². The van der Waals surface area contributed by atoms with E-state index in [1.807, 2.05) is 41.3 Å². The van der Waals surface area contributed by atoms with Crippen molar-refractivity contribution in [2.45, 2.75) is 6.42 Å². The van der Waals surface area contributed by atoms with Crippen LogP contribution < -0.4 is 10.2 Å². The molecule has 1 heterocycles. The smallest absolute Gasteiger partial charge is 0.263 e. The monoisotopic (exact) mass is 378 g/mol. The summed E-state index contributed by atoms with van der Waals surface area (Å²) in [6.45, 7) is 3.37. The van der Waals surface area contributed by atoms with Crippen LogP contribution in [0.1, 0.15) is 5.56 Å². The third kappa shape index (κ3) is 5.34. The Hall–Kier alpha value is -3.33. The second-order valence-electron chi connectivity index (χ2n) is 6.65. The highest BCUT2D eigenvalue weighted by molar-refractivity contribution is 5.97. The van der Waals surface area contributed by atoms with Crippen molar-refractivity contribution in [1.82, 2.24) is 10.2 Å². The molecule has 6 heteroatoms. The fraction of sp³-hybridized carbons (Fsp3) is 0.273. The molecule has 0 aliphatic carbocycles. The van der Waals surface area contributed by atoms with E-state index in [0.29, 0.717) is 19.6 Å². The Morgan fingerprint density at radius 3 is 2.39 bits per heavy atom. The SMILES string of the molecule is N#C/C(=C\N1CCN(c2ccc(F)cc2)CC1)C(=O)NCCc1ccccc1. The Labute approximate surface area is 164 Å². The Morgan fingerprint density at radius 1 is 1.07 bits per heavy atom. The number of hydrogen-bond donors (Lipinski definition) is 1. The predicted molar refractivity (Wildman–Crippen MR) is 107 cm³/mol. The van der Waals surface area contributed by atoms with Gasteiger partial charge in [0.05, 0.1) is 0 Å². The first kappa shape index (κ1) is 19.4. The van der Waals surface area contributed by atoms with Gasteiger partial charge in [0, 0.05) is 44.6 Å². The van der Waals surface area contributed by atoms with E-state index in [1.165, 1.54) is 12.1 Å². The zero-order valence-electron chi connectivity index (χ0n) is 15.6. The average molecular weight is 378 g/mol. The summed E-state index contributed by atoms with van der Waals surface area (Å²) >= 11 is 0. The van der Waals surface area contributed by atoms with E-state index in [-0.39, 0.29) is 17.3 Å². The number of carbonyl (C=O) groups excluding carboxylic acids is 1. The third-order valence-corrected chi connectivity index (χ3v) is 4.72. The molecule has 0 aromatic heterocycles. The van der Waals surface area contributed by atoms with E-state index in [9.17, 15) is 14.4 Å². The van der Waals surface area contributed by atoms with Crippen molar-refractivity contribution in [2.75, 3.05) is 37.6 Å². The lowest BCUT2D eigenvalue weighted by molar-refractivity contribution is -0.117. The van der Waals surface area contributed by atoms with Crippen molar-refractivity contribution in [3.63, 3.8) is 0 Å². The number of benzene rings is 2. The van der Waals surface area contributed by atoms with Crippen LogP contribution in [0.4, 0.5) is 10.1 Å². The van der Waals surface area contributed by atoms with Crippen molar-refractivity contribution in [1.29, 1.82) is 5.26 Å². The molecule has 144 valence electrons. The summed E-state index contributed by atoms with van der Waals surface area (Å²) in [4.78, 5) is 16.4. The van der Waals surface area contributed by atoms with Crippen LogP contribution in [-0.2, 0) is 11.2 Å². The molecule has 2 aromatic carbocycles. The first-order chi connectivity index (χ1) is 13.7. The van der Waals surface area contributed by atoms with Gasteiger partial charge in [0.1, 0.15) is 17.5 Å². The number of hydrogen-bond acceptors (Lipinski definition) is 4. The minimum absolute atomic E-state index is 0.114. The van der Waals surface area contributed by atoms with Crippen LogP contribution in [0.5, 0.6) is 0 Å². The summed E-state index contributed by atoms with van der Waals surface area (Å²) < 4.78 is 13.1. The van der Waals surface area contributed by atoms with Gasteiger partial charge in [-0.25, -0.2) is 4.39 Å². The molecule has 0 saturated carbocycles. The summed E-state index contributed by atoms with van der Waals surface area (Å²) in [6.07, 6.45) is 2.36. The van der Waals surface area contributed by atoms with E-state index in [1.54, 1.807) is 18.3 Å². The molecule has 5 nitrogen and oxygen atoms in total. The van der Waals surface area contributed by atoms with Crippen molar-refractivity contribution in [3.8, 4) is 6.07 Å². The maximum atomic E-state index is 13.1. The van der Waals surface area contributed by atoms with Crippen molar-refractivity contribution in [3.05, 3.63) is 77.8 Å². The maximum absolute atomic E-state index is 13.1. The minimum Gasteiger partial charge on any atom is -0.373 e. The number of carbonyl (C=O) groups is 1. The number of nitrogens with one attached hydrogen (secondary N) is 1. The van der Waals surface area contributed by atoms with Crippen LogP contribution in [-0.4, -0.2) is 43.5 Å². The molecule has 1 saturated heterocycles. The van der Waals surface area contributed by atoms with Gasteiger partial charge in [-0.1, -0.05) is 30.3 Å². The van der Waals surface area contributed by atoms with E-state index in [4.69, 9.17) is 0 Å². The molecule has 0 spiro atoms. The Balaban J connectivity index is 1.49. The molecular formula is C22H23FN4O. The molecule has 0 bridgehead atoms. The van der Waals surface area contributed by atoms with Crippen LogP contribution in [0.15, 0.2) is 66.4 Å². The minimum atomic E-state index is -0.348. The topological polar surface area (TPSA) is 59.4 Å². The summed E-state index contributed by atoms with van der Waals surface area (Å²) in [5.41, 5.74) is 2.23. The Morgan fingerprint density at radius 2 is 1.75 bits per heavy atom. The number of nitriles is 1. The van der Waals surface area contributed by atoms with E-state index in [2.05, 4.69) is 10.2 Å². The molecule has 1 N–H and O–H groups in total. The zero-order valence-corrected chi connectivity index (χ0v) is 15.6. The molecule has 2 aromatic rings. The van der Waals surface area contributed by atoms with Crippen LogP contribution in [0.3, 0.4) is 0 Å². The van der Waals surface area contributed by atoms with Gasteiger partial charge >= 0.3 is 0 Å². The molecule has 3 rings (SSSR count). The fourth-order valence-corrected chi connectivity index (χ4v) is 3.14. The van der Waals surface area contributed by atoms with Gasteiger partial charge in [0.2, 0.25) is 0 Å². The number of halogens is 1. The van der Waals surface area contributed by atoms with Crippen LogP contribution in [0.2, 0.25) is 0 Å². The Bertz CT molecular complexity index is 850. The first-order valence-corrected chi connectivity index (χ1v) is 9.34. The van der Waals surface area contributed by atoms with Gasteiger partial charge in [0.25, 0.3) is 5.91 Å². The lowest BCUT2D eigenvalue weighted by Crippen LogP contribution is -2.44. The summed E-state index contributed by atoms with van der Waals surface area (Å²) in [7, 11) is 0. The van der Waals surface area contributed by atoms with Gasteiger partial charge in [0.15, 0.2) is 0 Å². The highest BCUT2D eigenvalue weighted by atomic mass is 19.1. The van der Waals surface area contributed by atoms with Crippen molar-refractivity contribution >= 4 is 11.6 Å². The lowest BCUT2D eigenvalue weighted by Gasteiger charge is -2.35. The Kier molecular flexibility index (Phi) is 6.64. The highest BCUT2D eigenvalue weighted by Gasteiger charge is 2.17. The average Bonchev–Trinajstić information content (AvgIpc) is 2.74. The number of nitrogens with zero attached hydrogens (tertiary/aromatic N) is 3. The summed E-state index contributed by atoms with van der Waals surface area (Å²) in [6, 6.07) is 18.3. The molecule has 0 unspecified atom stereocenters. The van der Waals surface area contributed by atoms with Crippen LogP contribution >= 0.6 is 0 Å². The summed E-state index contributed by atoms with van der Waals surface area (Å²) in [5.74, 6) is -0.596. The van der Waals surface area contributed by atoms with E-state index < -0.39 is 0 Å². The second kappa shape index (κ2) is 9.56. The molecule has 1 aliphatic rings. The maximum Gasteiger partial charge on any atom is 0.263 e. The highest BCUT2D eigenvalue weighted by Crippen LogP contribution is 2.17. The van der Waals surface area contributed by atoms with Crippen molar-refractivity contribution < 1.29 is 9.18 Å². The standard InChI is InChI=1S/C22H23FN4O/c23-20-6-8-21(9-7-20)27-14-12-26(13-15-27)17-19(16-24)22(28)25-11-10-18-4-2-1-3-5-18/h1-9,17H,10-15H2,(H,25,28)/b19-17+. The van der Waals surface area contributed by atoms with Gasteiger partial charge < -0.3 is 15.1 Å². The van der Waals surface area contributed by atoms with E-state index in [0.717, 1.165) is 30.8 Å². The third-order valence-electron chi connectivity index (χ3n) is 4.72. The molecule has 1 amide bonds. The number of anilines is 1. The van der Waals surface area contributed by atoms with Gasteiger partial charge in [-0.3, -0.25) is 4.79 Å². The normalized spacial score (nSPS) is 14.5. The largest absolute Gasteiger partial charge is 0.373 e. The fourth-order valence-electron chi connectivity index (χ4n) is 3.14. The van der Waals surface area contributed by atoms with Crippen LogP contribution in [0.25, 0.3) is 0 Å².